The second kappa shape index (κ2) is 8.83. The highest BCUT2D eigenvalue weighted by Crippen LogP contribution is 2.29. The molecule has 0 aliphatic carbocycles. The molecule has 0 aliphatic heterocycles. The Bertz CT molecular complexity index is 886. The molecule has 0 aliphatic rings. The number of nitrogens with two attached hydrogens (primary N) is 1. The van der Waals surface area contributed by atoms with Gasteiger partial charge in [0.15, 0.2) is 11.6 Å². The Morgan fingerprint density at radius 1 is 1.26 bits per heavy atom. The van der Waals surface area contributed by atoms with E-state index in [1.165, 1.54) is 56.5 Å². The van der Waals surface area contributed by atoms with Crippen molar-refractivity contribution in [2.45, 2.75) is 18.2 Å². The first-order valence-electron chi connectivity index (χ1n) is 7.67. The quantitative estimate of drug-likeness (QED) is 0.569. The van der Waals surface area contributed by atoms with E-state index >= 15 is 0 Å². The minimum absolute atomic E-state index is 0.0418. The van der Waals surface area contributed by atoms with E-state index in [4.69, 9.17) is 9.88 Å². The van der Waals surface area contributed by atoms with E-state index in [0.29, 0.717) is 16.1 Å². The van der Waals surface area contributed by atoms with Crippen molar-refractivity contribution in [2.24, 2.45) is 10.2 Å². The molecule has 0 fully saturated rings. The smallest absolute Gasteiger partial charge is 0.278 e. The van der Waals surface area contributed by atoms with Crippen molar-refractivity contribution in [3.63, 3.8) is 0 Å². The summed E-state index contributed by atoms with van der Waals surface area (Å²) in [6.45, 7) is 5.02. The summed E-state index contributed by atoms with van der Waals surface area (Å²) in [5.41, 5.74) is 0.408. The third kappa shape index (κ3) is 4.95. The van der Waals surface area contributed by atoms with Gasteiger partial charge in [-0.25, -0.2) is 27.5 Å². The van der Waals surface area contributed by atoms with Crippen LogP contribution in [-0.4, -0.2) is 23.5 Å². The molecule has 9 heteroatoms. The molecule has 0 saturated carbocycles. The number of hydrogen-bond acceptors (Lipinski definition) is 4. The highest BCUT2D eigenvalue weighted by Gasteiger charge is 2.17. The van der Waals surface area contributed by atoms with Crippen LogP contribution in [0.4, 0.5) is 18.9 Å². The summed E-state index contributed by atoms with van der Waals surface area (Å²) in [5, 5.41) is 10.4. The van der Waals surface area contributed by atoms with Gasteiger partial charge < -0.3 is 4.74 Å². The molecule has 0 aromatic heterocycles. The Balaban J connectivity index is 2.48. The highest BCUT2D eigenvalue weighted by molar-refractivity contribution is 7.82. The number of ether oxygens (including phenoxy) is 1. The van der Waals surface area contributed by atoms with Crippen LogP contribution in [0.3, 0.4) is 0 Å². The molecule has 1 unspecified atom stereocenters. The SMILES string of the molecule is C=C(c1ccc(OC)c(F)c1)N(/N=C(\C)C(F)F)c1ccc(S(N)=O)cc1. The molecule has 27 heavy (non-hydrogen) atoms. The first-order chi connectivity index (χ1) is 12.7. The van der Waals surface area contributed by atoms with Gasteiger partial charge in [-0.1, -0.05) is 6.58 Å². The summed E-state index contributed by atoms with van der Waals surface area (Å²) < 4.78 is 56.2. The Kier molecular flexibility index (Phi) is 6.75. The lowest BCUT2D eigenvalue weighted by Crippen LogP contribution is -2.19. The van der Waals surface area contributed by atoms with Crippen LogP contribution in [0.25, 0.3) is 5.70 Å². The number of hydrazone groups is 1. The molecule has 0 heterocycles. The van der Waals surface area contributed by atoms with Crippen molar-refractivity contribution < 1.29 is 22.1 Å². The van der Waals surface area contributed by atoms with E-state index < -0.39 is 28.9 Å². The first-order valence-corrected chi connectivity index (χ1v) is 8.88. The number of rotatable bonds is 7. The van der Waals surface area contributed by atoms with E-state index in [9.17, 15) is 17.4 Å². The lowest BCUT2D eigenvalue weighted by Gasteiger charge is -2.23. The van der Waals surface area contributed by atoms with Gasteiger partial charge >= 0.3 is 0 Å². The molecule has 0 saturated heterocycles. The van der Waals surface area contributed by atoms with Crippen LogP contribution < -0.4 is 14.9 Å². The summed E-state index contributed by atoms with van der Waals surface area (Å²) >= 11 is 0. The Morgan fingerprint density at radius 3 is 2.37 bits per heavy atom. The van der Waals surface area contributed by atoms with Gasteiger partial charge in [0, 0.05) is 5.56 Å². The maximum Gasteiger partial charge on any atom is 0.278 e. The average molecular weight is 397 g/mol. The standard InChI is InChI=1S/C18H18F3N3O2S/c1-11(18(20)21)23-24(14-5-7-15(8-6-14)27(22)25)12(2)13-4-9-17(26-3)16(19)10-13/h4-10,18H,2,22H2,1,3H3/b23-11+. The number of benzene rings is 2. The maximum absolute atomic E-state index is 14.0. The summed E-state index contributed by atoms with van der Waals surface area (Å²) in [7, 11) is -0.351. The van der Waals surface area contributed by atoms with Crippen molar-refractivity contribution in [2.75, 3.05) is 12.1 Å². The van der Waals surface area contributed by atoms with Gasteiger partial charge in [-0.15, -0.1) is 0 Å². The molecule has 2 aromatic rings. The van der Waals surface area contributed by atoms with Gasteiger partial charge in [-0.2, -0.15) is 5.10 Å². The van der Waals surface area contributed by atoms with Crippen LogP contribution in [-0.2, 0) is 11.0 Å². The lowest BCUT2D eigenvalue weighted by atomic mass is 10.1. The Labute approximate surface area is 157 Å². The number of hydrogen-bond donors (Lipinski definition) is 1. The van der Waals surface area contributed by atoms with Crippen LogP contribution in [0.1, 0.15) is 12.5 Å². The predicted molar refractivity (Wildman–Crippen MR) is 101 cm³/mol. The number of alkyl halides is 2. The zero-order valence-electron chi connectivity index (χ0n) is 14.7. The molecule has 0 spiro atoms. The van der Waals surface area contributed by atoms with E-state index in [-0.39, 0.29) is 11.4 Å². The van der Waals surface area contributed by atoms with Crippen LogP contribution >= 0.6 is 0 Å². The molecule has 2 N–H and O–H groups in total. The van der Waals surface area contributed by atoms with Crippen molar-refractivity contribution >= 4 is 28.1 Å². The topological polar surface area (TPSA) is 67.9 Å². The molecule has 2 aromatic carbocycles. The van der Waals surface area contributed by atoms with Gasteiger partial charge in [0.2, 0.25) is 0 Å². The summed E-state index contributed by atoms with van der Waals surface area (Å²) in [4.78, 5) is 0.356. The monoisotopic (exact) mass is 397 g/mol. The largest absolute Gasteiger partial charge is 0.494 e. The zero-order chi connectivity index (χ0) is 20.1. The minimum atomic E-state index is -2.77. The molecule has 5 nitrogen and oxygen atoms in total. The van der Waals surface area contributed by atoms with Gasteiger partial charge in [0.1, 0.15) is 16.7 Å². The summed E-state index contributed by atoms with van der Waals surface area (Å²) in [5.74, 6) is -0.584. The molecule has 144 valence electrons. The number of methoxy groups -OCH3 is 1. The van der Waals surface area contributed by atoms with E-state index in [1.807, 2.05) is 0 Å². The zero-order valence-corrected chi connectivity index (χ0v) is 15.5. The minimum Gasteiger partial charge on any atom is -0.494 e. The Morgan fingerprint density at radius 2 is 1.89 bits per heavy atom. The molecule has 0 bridgehead atoms. The Hall–Kier alpha value is -2.65. The van der Waals surface area contributed by atoms with Crippen molar-refractivity contribution in [1.82, 2.24) is 0 Å². The first kappa shape index (κ1) is 20.7. The second-order valence-corrected chi connectivity index (χ2v) is 6.51. The van der Waals surface area contributed by atoms with Crippen molar-refractivity contribution in [1.29, 1.82) is 0 Å². The van der Waals surface area contributed by atoms with Crippen molar-refractivity contribution in [3.8, 4) is 5.75 Å². The second-order valence-electron chi connectivity index (χ2n) is 5.44. The van der Waals surface area contributed by atoms with E-state index in [1.54, 1.807) is 0 Å². The van der Waals surface area contributed by atoms with Gasteiger partial charge in [0.25, 0.3) is 6.43 Å². The maximum atomic E-state index is 14.0. The fourth-order valence-corrected chi connectivity index (χ4v) is 2.57. The van der Waals surface area contributed by atoms with Crippen LogP contribution in [0, 0.1) is 5.82 Å². The number of halogens is 3. The summed E-state index contributed by atoms with van der Waals surface area (Å²) in [6, 6.07) is 10.1. The molecule has 1 atom stereocenters. The third-order valence-electron chi connectivity index (χ3n) is 3.63. The average Bonchev–Trinajstić information content (AvgIpc) is 2.65. The van der Waals surface area contributed by atoms with E-state index in [2.05, 4.69) is 11.7 Å². The van der Waals surface area contributed by atoms with Crippen molar-refractivity contribution in [3.05, 3.63) is 60.4 Å². The normalized spacial score (nSPS) is 12.8. The van der Waals surface area contributed by atoms with Gasteiger partial charge in [0.05, 0.1) is 23.4 Å². The molecular weight excluding hydrogens is 379 g/mol. The highest BCUT2D eigenvalue weighted by atomic mass is 32.2. The molecular formula is C18H18F3N3O2S. The van der Waals surface area contributed by atoms with Crippen LogP contribution in [0.2, 0.25) is 0 Å². The third-order valence-corrected chi connectivity index (χ3v) is 4.36. The fraction of sp³-hybridized carbons (Fsp3) is 0.167. The van der Waals surface area contributed by atoms with Crippen LogP contribution in [0.15, 0.2) is 59.0 Å². The number of anilines is 1. The van der Waals surface area contributed by atoms with E-state index in [0.717, 1.165) is 5.01 Å². The van der Waals surface area contributed by atoms with Gasteiger partial charge in [-0.3, -0.25) is 0 Å². The lowest BCUT2D eigenvalue weighted by molar-refractivity contribution is 0.224. The summed E-state index contributed by atoms with van der Waals surface area (Å²) in [6.07, 6.45) is -2.77. The fourth-order valence-electron chi connectivity index (χ4n) is 2.16. The molecule has 0 radical (unpaired) electrons. The molecule has 2 rings (SSSR count). The van der Waals surface area contributed by atoms with Crippen LogP contribution in [0.5, 0.6) is 5.75 Å². The van der Waals surface area contributed by atoms with Gasteiger partial charge in [-0.05, 0) is 49.4 Å². The predicted octanol–water partition coefficient (Wildman–Crippen LogP) is 3.93. The number of nitrogens with zero attached hydrogens (tertiary/aromatic N) is 2. The molecule has 0 amide bonds.